The molecule has 0 amide bonds. The number of hydrogen-bond donors (Lipinski definition) is 0. The molecule has 0 aliphatic heterocycles. The maximum Gasteiger partial charge on any atom is 0.138 e. The van der Waals surface area contributed by atoms with E-state index >= 15 is 0 Å². The third-order valence-corrected chi connectivity index (χ3v) is 5.47. The van der Waals surface area contributed by atoms with Crippen LogP contribution in [0.1, 0.15) is 11.1 Å². The number of pyridine rings is 1. The van der Waals surface area contributed by atoms with E-state index in [2.05, 4.69) is 60.8 Å². The van der Waals surface area contributed by atoms with Crippen molar-refractivity contribution in [3.05, 3.63) is 71.9 Å². The van der Waals surface area contributed by atoms with Crippen molar-refractivity contribution in [3.8, 4) is 0 Å². The number of hydrogen-bond acceptors (Lipinski definition) is 3. The number of aromatic nitrogens is 4. The van der Waals surface area contributed by atoms with E-state index in [4.69, 9.17) is 15.0 Å². The molecule has 0 aliphatic carbocycles. The molecule has 0 atom stereocenters. The van der Waals surface area contributed by atoms with Crippen LogP contribution in [0.15, 0.2) is 60.8 Å². The SMILES string of the molecule is Cc1cc2nc3c4ccccc4c4c(nc5ccccn54)c3nc2cc1C. The van der Waals surface area contributed by atoms with Gasteiger partial charge in [0, 0.05) is 17.0 Å². The molecule has 3 aromatic heterocycles. The van der Waals surface area contributed by atoms with Gasteiger partial charge >= 0.3 is 0 Å². The van der Waals surface area contributed by atoms with Gasteiger partial charge in [0.15, 0.2) is 0 Å². The Morgan fingerprint density at radius 3 is 2.11 bits per heavy atom. The maximum atomic E-state index is 5.02. The maximum absolute atomic E-state index is 5.02. The zero-order valence-electron chi connectivity index (χ0n) is 15.1. The zero-order chi connectivity index (χ0) is 18.1. The lowest BCUT2D eigenvalue weighted by Gasteiger charge is -2.09. The molecular weight excluding hydrogens is 332 g/mol. The summed E-state index contributed by atoms with van der Waals surface area (Å²) in [6.07, 6.45) is 2.06. The van der Waals surface area contributed by atoms with Gasteiger partial charge in [-0.25, -0.2) is 15.0 Å². The molecule has 0 bridgehead atoms. The molecule has 6 aromatic rings. The van der Waals surface area contributed by atoms with Gasteiger partial charge in [0.05, 0.1) is 22.1 Å². The number of benzene rings is 3. The van der Waals surface area contributed by atoms with E-state index in [1.165, 1.54) is 11.1 Å². The average Bonchev–Trinajstić information content (AvgIpc) is 3.08. The molecule has 0 saturated carbocycles. The molecule has 0 spiro atoms. The molecule has 4 heteroatoms. The van der Waals surface area contributed by atoms with Crippen LogP contribution in [-0.4, -0.2) is 19.4 Å². The summed E-state index contributed by atoms with van der Waals surface area (Å²) in [4.78, 5) is 14.9. The third kappa shape index (κ3) is 1.90. The van der Waals surface area contributed by atoms with E-state index in [0.717, 1.165) is 49.5 Å². The van der Waals surface area contributed by atoms with Crippen LogP contribution in [-0.2, 0) is 0 Å². The van der Waals surface area contributed by atoms with E-state index < -0.39 is 0 Å². The molecule has 0 saturated heterocycles. The summed E-state index contributed by atoms with van der Waals surface area (Å²) in [7, 11) is 0. The molecule has 6 rings (SSSR count). The van der Waals surface area contributed by atoms with Gasteiger partial charge in [0.1, 0.15) is 16.7 Å². The van der Waals surface area contributed by atoms with Crippen molar-refractivity contribution in [2.24, 2.45) is 0 Å². The minimum absolute atomic E-state index is 0.864. The Kier molecular flexibility index (Phi) is 2.71. The fourth-order valence-electron chi connectivity index (χ4n) is 3.98. The second-order valence-electron chi connectivity index (χ2n) is 7.13. The first-order chi connectivity index (χ1) is 13.2. The molecule has 0 N–H and O–H groups in total. The van der Waals surface area contributed by atoms with Crippen LogP contribution in [0, 0.1) is 13.8 Å². The van der Waals surface area contributed by atoms with Crippen molar-refractivity contribution in [1.82, 2.24) is 19.4 Å². The van der Waals surface area contributed by atoms with Crippen LogP contribution >= 0.6 is 0 Å². The quantitative estimate of drug-likeness (QED) is 0.274. The fourth-order valence-corrected chi connectivity index (χ4v) is 3.98. The number of fused-ring (bicyclic) bond motifs is 9. The van der Waals surface area contributed by atoms with Gasteiger partial charge in [-0.3, -0.25) is 4.40 Å². The number of nitrogens with zero attached hydrogens (tertiary/aromatic N) is 4. The summed E-state index contributed by atoms with van der Waals surface area (Å²) in [5, 5.41) is 2.26. The minimum atomic E-state index is 0.864. The Bertz CT molecular complexity index is 1540. The second-order valence-corrected chi connectivity index (χ2v) is 7.13. The van der Waals surface area contributed by atoms with Crippen molar-refractivity contribution in [2.75, 3.05) is 0 Å². The van der Waals surface area contributed by atoms with Gasteiger partial charge in [-0.15, -0.1) is 0 Å². The Labute approximate surface area is 155 Å². The Balaban J connectivity index is 1.96. The van der Waals surface area contributed by atoms with E-state index in [-0.39, 0.29) is 0 Å². The molecular formula is C23H16N4. The number of rotatable bonds is 0. The van der Waals surface area contributed by atoms with Crippen molar-refractivity contribution >= 4 is 49.5 Å². The minimum Gasteiger partial charge on any atom is -0.299 e. The summed E-state index contributed by atoms with van der Waals surface area (Å²) < 4.78 is 2.14. The summed E-state index contributed by atoms with van der Waals surface area (Å²) in [6.45, 7) is 4.23. The molecule has 0 aliphatic rings. The van der Waals surface area contributed by atoms with E-state index in [1.807, 2.05) is 18.2 Å². The largest absolute Gasteiger partial charge is 0.299 e. The Morgan fingerprint density at radius 1 is 0.667 bits per heavy atom. The van der Waals surface area contributed by atoms with E-state index in [0.29, 0.717) is 0 Å². The highest BCUT2D eigenvalue weighted by Gasteiger charge is 2.16. The lowest BCUT2D eigenvalue weighted by Crippen LogP contribution is -1.93. The van der Waals surface area contributed by atoms with Crippen LogP contribution < -0.4 is 0 Å². The summed E-state index contributed by atoms with van der Waals surface area (Å²) in [6, 6.07) is 18.7. The van der Waals surface area contributed by atoms with Gasteiger partial charge in [-0.1, -0.05) is 30.3 Å². The van der Waals surface area contributed by atoms with Crippen LogP contribution in [0.25, 0.3) is 49.5 Å². The molecule has 0 fully saturated rings. The number of aryl methyl sites for hydroxylation is 2. The summed E-state index contributed by atoms with van der Waals surface area (Å²) in [5.41, 5.74) is 9.00. The first-order valence-electron chi connectivity index (χ1n) is 9.07. The third-order valence-electron chi connectivity index (χ3n) is 5.47. The van der Waals surface area contributed by atoms with E-state index in [9.17, 15) is 0 Å². The molecule has 4 nitrogen and oxygen atoms in total. The molecule has 0 unspecified atom stereocenters. The van der Waals surface area contributed by atoms with Crippen molar-refractivity contribution < 1.29 is 0 Å². The van der Waals surface area contributed by atoms with Crippen LogP contribution in [0.3, 0.4) is 0 Å². The predicted octanol–water partition coefficient (Wildman–Crippen LogP) is 5.35. The highest BCUT2D eigenvalue weighted by atomic mass is 15.0. The average molecular weight is 348 g/mol. The lowest BCUT2D eigenvalue weighted by atomic mass is 10.0. The predicted molar refractivity (Wildman–Crippen MR) is 110 cm³/mol. The molecule has 3 heterocycles. The number of imidazole rings is 1. The molecule has 27 heavy (non-hydrogen) atoms. The van der Waals surface area contributed by atoms with Gasteiger partial charge in [0.25, 0.3) is 0 Å². The zero-order valence-corrected chi connectivity index (χ0v) is 15.1. The van der Waals surface area contributed by atoms with Gasteiger partial charge in [-0.05, 0) is 49.2 Å². The Morgan fingerprint density at radius 2 is 1.33 bits per heavy atom. The molecule has 128 valence electrons. The second kappa shape index (κ2) is 5.01. The smallest absolute Gasteiger partial charge is 0.138 e. The normalized spacial score (nSPS) is 12.1. The topological polar surface area (TPSA) is 43.1 Å². The molecule has 3 aromatic carbocycles. The lowest BCUT2D eigenvalue weighted by molar-refractivity contribution is 1.23. The standard InChI is InChI=1S/C23H16N4/c1-13-11-17-18(12-14(13)2)25-21-20(24-17)15-7-3-4-8-16(15)23-22(21)26-19-9-5-6-10-27(19)23/h3-12H,1-2H3. The summed E-state index contributed by atoms with van der Waals surface area (Å²) in [5.74, 6) is 0. The van der Waals surface area contributed by atoms with Gasteiger partial charge in [0.2, 0.25) is 0 Å². The first kappa shape index (κ1) is 14.6. The highest BCUT2D eigenvalue weighted by Crippen LogP contribution is 2.34. The van der Waals surface area contributed by atoms with Gasteiger partial charge < -0.3 is 0 Å². The van der Waals surface area contributed by atoms with Crippen molar-refractivity contribution in [2.45, 2.75) is 13.8 Å². The van der Waals surface area contributed by atoms with Crippen LogP contribution in [0.5, 0.6) is 0 Å². The highest BCUT2D eigenvalue weighted by molar-refractivity contribution is 6.22. The van der Waals surface area contributed by atoms with Crippen LogP contribution in [0.4, 0.5) is 0 Å². The Hall–Kier alpha value is -3.53. The monoisotopic (exact) mass is 348 g/mol. The van der Waals surface area contributed by atoms with Gasteiger partial charge in [-0.2, -0.15) is 0 Å². The first-order valence-corrected chi connectivity index (χ1v) is 9.07. The van der Waals surface area contributed by atoms with Crippen LogP contribution in [0.2, 0.25) is 0 Å². The molecule has 0 radical (unpaired) electrons. The van der Waals surface area contributed by atoms with Crippen molar-refractivity contribution in [3.63, 3.8) is 0 Å². The van der Waals surface area contributed by atoms with E-state index in [1.54, 1.807) is 0 Å². The summed E-state index contributed by atoms with van der Waals surface area (Å²) >= 11 is 0. The fraction of sp³-hybridized carbons (Fsp3) is 0.0870. The van der Waals surface area contributed by atoms with Crippen molar-refractivity contribution in [1.29, 1.82) is 0 Å².